The van der Waals surface area contributed by atoms with Crippen LogP contribution < -0.4 is 0 Å². The van der Waals surface area contributed by atoms with Gasteiger partial charge < -0.3 is 13.4 Å². The molecule has 0 N–H and O–H groups in total. The number of para-hydroxylation sites is 6. The molecule has 0 aliphatic rings. The summed E-state index contributed by atoms with van der Waals surface area (Å²) in [5.74, 6) is 1.07. The zero-order valence-corrected chi connectivity index (χ0v) is 35.4. The van der Waals surface area contributed by atoms with E-state index in [1.165, 1.54) is 6.07 Å². The second kappa shape index (κ2) is 14.4. The highest BCUT2D eigenvalue weighted by atomic mass is 32.1. The van der Waals surface area contributed by atoms with Crippen LogP contribution in [0.4, 0.5) is 0 Å². The maximum absolute atomic E-state index is 9.20. The van der Waals surface area contributed by atoms with Crippen LogP contribution in [0, 0.1) is 0 Å². The quantitative estimate of drug-likeness (QED) is 0.166. The van der Waals surface area contributed by atoms with Crippen molar-refractivity contribution in [2.75, 3.05) is 0 Å². The Bertz CT molecular complexity index is 4690. The molecule has 0 aliphatic heterocycles. The van der Waals surface area contributed by atoms with Gasteiger partial charge in [0, 0.05) is 64.8 Å². The molecule has 0 saturated heterocycles. The molecule has 0 atom stereocenters. The molecule has 7 heteroatoms. The molecule has 0 radical (unpaired) electrons. The fourth-order valence-corrected chi connectivity index (χ4v) is 10.4. The lowest BCUT2D eigenvalue weighted by Gasteiger charge is -2.15. The van der Waals surface area contributed by atoms with Crippen molar-refractivity contribution in [2.24, 2.45) is 0 Å². The fraction of sp³-hybridized carbons (Fsp3) is 0. The third-order valence-electron chi connectivity index (χ3n) is 12.5. The van der Waals surface area contributed by atoms with Crippen LogP contribution in [0.1, 0.15) is 9.60 Å². The lowest BCUT2D eigenvalue weighted by molar-refractivity contribution is 0.669. The molecule has 6 nitrogen and oxygen atoms in total. The smallest absolute Gasteiger partial charge is 0.166 e. The van der Waals surface area contributed by atoms with Crippen LogP contribution >= 0.6 is 11.3 Å². The van der Waals surface area contributed by atoms with Crippen molar-refractivity contribution in [1.29, 1.82) is 0 Å². The van der Waals surface area contributed by atoms with Crippen LogP contribution in [-0.4, -0.2) is 19.5 Å². The van der Waals surface area contributed by atoms with Crippen molar-refractivity contribution in [3.63, 3.8) is 0 Å². The van der Waals surface area contributed by atoms with Crippen LogP contribution in [0.25, 0.3) is 138 Å². The highest BCUT2D eigenvalue weighted by Crippen LogP contribution is 2.42. The van der Waals surface area contributed by atoms with Gasteiger partial charge in [0.2, 0.25) is 0 Å². The van der Waals surface area contributed by atoms with E-state index in [4.69, 9.17) is 30.6 Å². The minimum atomic E-state index is -0.471. The summed E-state index contributed by atoms with van der Waals surface area (Å²) in [7, 11) is 0. The fourth-order valence-electron chi connectivity index (χ4n) is 9.47. The predicted octanol–water partition coefficient (Wildman–Crippen LogP) is 16.3. The van der Waals surface area contributed by atoms with E-state index in [0.29, 0.717) is 28.5 Å². The summed E-state index contributed by atoms with van der Waals surface area (Å²) in [5, 5.41) is 7.29. The highest BCUT2D eigenvalue weighted by Gasteiger charge is 2.21. The third-order valence-corrected chi connectivity index (χ3v) is 13.4. The number of fused-ring (bicyclic) bond motifs is 10. The van der Waals surface area contributed by atoms with Gasteiger partial charge >= 0.3 is 0 Å². The van der Waals surface area contributed by atoms with Crippen molar-refractivity contribution >= 4 is 87.1 Å². The molecule has 9 aromatic carbocycles. The molecule has 308 valence electrons. The van der Waals surface area contributed by atoms with Crippen molar-refractivity contribution in [2.45, 2.75) is 0 Å². The average molecular weight is 870 g/mol. The maximum Gasteiger partial charge on any atom is 0.166 e. The lowest BCUT2D eigenvalue weighted by Crippen LogP contribution is -2.03. The molecular weight excluding hydrogens is 829 g/mol. The Balaban J connectivity index is 0.952. The van der Waals surface area contributed by atoms with Crippen LogP contribution in [0.2, 0.25) is 0 Å². The van der Waals surface area contributed by atoms with E-state index >= 15 is 0 Å². The monoisotopic (exact) mass is 869 g/mol. The molecule has 0 unspecified atom stereocenters. The first-order valence-corrected chi connectivity index (χ1v) is 22.3. The first kappa shape index (κ1) is 30.4. The second-order valence-corrected chi connectivity index (χ2v) is 17.1. The SMILES string of the molecule is [2H]c1cc([2H])c2c(c1[2H])c1c([2H])c([2H])c([2H])c([2H])c1n2-c1ccccc1-c1nc(-c2cccc(-c3cccc4c3oc3ccc(-c5cccc6c5oc5ccccc56)cc34)c2)nc(-c2cccc3ccsc23)n1. The molecule has 0 aliphatic carbocycles. The number of hydrogen-bond donors (Lipinski definition) is 0. The Morgan fingerprint density at radius 2 is 1.05 bits per heavy atom. The zero-order valence-electron chi connectivity index (χ0n) is 41.6. The van der Waals surface area contributed by atoms with E-state index in [0.717, 1.165) is 81.8 Å². The van der Waals surface area contributed by atoms with Gasteiger partial charge in [-0.25, -0.2) is 15.0 Å². The van der Waals surface area contributed by atoms with Gasteiger partial charge in [0.05, 0.1) is 26.3 Å². The minimum absolute atomic E-state index is 0.0572. The lowest BCUT2D eigenvalue weighted by atomic mass is 9.98. The van der Waals surface area contributed by atoms with Gasteiger partial charge in [-0.15, -0.1) is 11.3 Å². The maximum atomic E-state index is 9.20. The van der Waals surface area contributed by atoms with E-state index in [-0.39, 0.29) is 57.8 Å². The number of thiophene rings is 1. The van der Waals surface area contributed by atoms with Crippen LogP contribution in [0.15, 0.2) is 214 Å². The van der Waals surface area contributed by atoms with Crippen molar-refractivity contribution in [3.8, 4) is 62.1 Å². The molecule has 14 aromatic rings. The summed E-state index contributed by atoms with van der Waals surface area (Å²) in [4.78, 5) is 15.6. The van der Waals surface area contributed by atoms with Gasteiger partial charge in [-0.1, -0.05) is 139 Å². The molecule has 0 amide bonds. The van der Waals surface area contributed by atoms with Gasteiger partial charge in [0.15, 0.2) is 17.5 Å². The van der Waals surface area contributed by atoms with Crippen LogP contribution in [-0.2, 0) is 0 Å². The number of rotatable bonds is 6. The van der Waals surface area contributed by atoms with Crippen molar-refractivity contribution < 1.29 is 18.4 Å². The topological polar surface area (TPSA) is 69.9 Å². The number of aromatic nitrogens is 4. The summed E-state index contributed by atoms with van der Waals surface area (Å²) in [6, 6.07) is 49.1. The summed E-state index contributed by atoms with van der Waals surface area (Å²) >= 11 is 1.58. The van der Waals surface area contributed by atoms with E-state index in [9.17, 15) is 2.74 Å². The van der Waals surface area contributed by atoms with Crippen molar-refractivity contribution in [3.05, 3.63) is 205 Å². The summed E-state index contributed by atoms with van der Waals surface area (Å²) in [6.07, 6.45) is 0. The van der Waals surface area contributed by atoms with E-state index in [1.54, 1.807) is 28.0 Å². The summed E-state index contributed by atoms with van der Waals surface area (Å²) < 4.78 is 78.0. The van der Waals surface area contributed by atoms with Crippen LogP contribution in [0.3, 0.4) is 0 Å². The van der Waals surface area contributed by atoms with E-state index in [2.05, 4.69) is 48.5 Å². The van der Waals surface area contributed by atoms with E-state index < -0.39 is 12.1 Å². The largest absolute Gasteiger partial charge is 0.455 e. The molecular formula is C59H34N4O2S. The van der Waals surface area contributed by atoms with Crippen LogP contribution in [0.5, 0.6) is 0 Å². The molecule has 0 spiro atoms. The molecule has 0 fully saturated rings. The van der Waals surface area contributed by atoms with Gasteiger partial charge in [-0.3, -0.25) is 0 Å². The Labute approximate surface area is 391 Å². The number of furan rings is 2. The average Bonchev–Trinajstić information content (AvgIpc) is 4.23. The molecule has 66 heavy (non-hydrogen) atoms. The Hall–Kier alpha value is -8.65. The third kappa shape index (κ3) is 5.63. The summed E-state index contributed by atoms with van der Waals surface area (Å²) in [5.41, 5.74) is 9.58. The first-order valence-electron chi connectivity index (χ1n) is 24.9. The molecule has 0 saturated carbocycles. The first-order chi connectivity index (χ1) is 35.6. The van der Waals surface area contributed by atoms with Gasteiger partial charge in [0.1, 0.15) is 22.3 Å². The number of hydrogen-bond acceptors (Lipinski definition) is 6. The Morgan fingerprint density at radius 1 is 0.424 bits per heavy atom. The highest BCUT2D eigenvalue weighted by molar-refractivity contribution is 7.17. The normalized spacial score (nSPS) is 13.4. The molecule has 5 heterocycles. The molecule has 0 bridgehead atoms. The Morgan fingerprint density at radius 3 is 1.92 bits per heavy atom. The zero-order chi connectivity index (χ0) is 49.4. The predicted molar refractivity (Wildman–Crippen MR) is 271 cm³/mol. The summed E-state index contributed by atoms with van der Waals surface area (Å²) in [6.45, 7) is 0. The van der Waals surface area contributed by atoms with Crippen molar-refractivity contribution in [1.82, 2.24) is 19.5 Å². The van der Waals surface area contributed by atoms with Gasteiger partial charge in [-0.05, 0) is 82.5 Å². The standard InChI is InChI=1S/C59H34N4O2S/c1-5-25-49-41(16-1)42-17-2-6-26-50(42)63(49)51-27-7-3-19-46(51)58-60-57(61-59(62-58)47-24-10-13-35-31-32-66-56(35)47)38-15-9-14-36(33-38)39-20-12-23-45-48-34-37(29-30-53(48)65-55(39)45)40-21-11-22-44-43-18-4-8-28-52(43)64-54(40)44/h1-34H/i1D,2D,5D,16D,17D,25D,26D. The van der Waals surface area contributed by atoms with E-state index in [1.807, 2.05) is 96.4 Å². The second-order valence-electron chi connectivity index (χ2n) is 16.2. The molecule has 14 rings (SSSR count). The number of nitrogens with zero attached hydrogens (tertiary/aromatic N) is 4. The van der Waals surface area contributed by atoms with Gasteiger partial charge in [0.25, 0.3) is 0 Å². The van der Waals surface area contributed by atoms with Gasteiger partial charge in [-0.2, -0.15) is 0 Å². The number of benzene rings is 9. The Kier molecular flexibility index (Phi) is 6.66. The minimum Gasteiger partial charge on any atom is -0.455 e. The molecule has 5 aromatic heterocycles.